The molecule has 2 aromatic rings. The zero-order valence-corrected chi connectivity index (χ0v) is 16.8. The van der Waals surface area contributed by atoms with Crippen LogP contribution in [-0.2, 0) is 11.2 Å². The molecule has 2 heterocycles. The van der Waals surface area contributed by atoms with E-state index in [1.807, 2.05) is 0 Å². The Labute approximate surface area is 176 Å². The summed E-state index contributed by atoms with van der Waals surface area (Å²) in [5.41, 5.74) is -0.507. The van der Waals surface area contributed by atoms with Crippen molar-refractivity contribution in [2.75, 3.05) is 11.4 Å². The van der Waals surface area contributed by atoms with Gasteiger partial charge < -0.3 is 10.2 Å². The molecule has 1 atom stereocenters. The van der Waals surface area contributed by atoms with Gasteiger partial charge >= 0.3 is 6.18 Å². The number of alkyl halides is 3. The predicted octanol–water partition coefficient (Wildman–Crippen LogP) is 4.33. The Bertz CT molecular complexity index is 1020. The topological polar surface area (TPSA) is 62.3 Å². The summed E-state index contributed by atoms with van der Waals surface area (Å²) in [5.74, 6) is -1.75. The molecule has 164 valence electrons. The van der Waals surface area contributed by atoms with Crippen molar-refractivity contribution in [2.45, 2.75) is 44.8 Å². The molecular weight excluding hydrogens is 414 g/mol. The first-order valence-electron chi connectivity index (χ1n) is 10.1. The van der Waals surface area contributed by atoms with Crippen LogP contribution in [0.1, 0.15) is 54.0 Å². The molecule has 5 nitrogen and oxygen atoms in total. The number of aryl methyl sites for hydroxylation is 1. The lowest BCUT2D eigenvalue weighted by molar-refractivity contribution is -0.190. The van der Waals surface area contributed by atoms with Gasteiger partial charge in [-0.05, 0) is 69.0 Å². The molecule has 1 aromatic heterocycles. The molecule has 9 heteroatoms. The maximum Gasteiger partial charge on any atom is 0.403 e. The molecule has 1 saturated carbocycles. The van der Waals surface area contributed by atoms with Gasteiger partial charge in [0.25, 0.3) is 5.91 Å². The van der Waals surface area contributed by atoms with Gasteiger partial charge in [-0.25, -0.2) is 4.39 Å². The van der Waals surface area contributed by atoms with Gasteiger partial charge in [0.15, 0.2) is 0 Å². The number of halogens is 4. The summed E-state index contributed by atoms with van der Waals surface area (Å²) in [6.45, 7) is 1.95. The number of pyridine rings is 1. The van der Waals surface area contributed by atoms with E-state index in [0.717, 1.165) is 0 Å². The minimum absolute atomic E-state index is 0.181. The Kier molecular flexibility index (Phi) is 5.23. The monoisotopic (exact) mass is 435 g/mol. The smallest absolute Gasteiger partial charge is 0.344 e. The Balaban J connectivity index is 1.52. The number of nitrogens with one attached hydrogen (secondary N) is 1. The lowest BCUT2D eigenvalue weighted by Crippen LogP contribution is -2.46. The van der Waals surface area contributed by atoms with E-state index < -0.39 is 35.3 Å². The number of hydrogen-bond acceptors (Lipinski definition) is 3. The molecule has 1 fully saturated rings. The van der Waals surface area contributed by atoms with E-state index in [2.05, 4.69) is 10.3 Å². The fourth-order valence-corrected chi connectivity index (χ4v) is 3.87. The molecule has 0 bridgehead atoms. The van der Waals surface area contributed by atoms with E-state index in [4.69, 9.17) is 0 Å². The first-order chi connectivity index (χ1) is 14.6. The van der Waals surface area contributed by atoms with Crippen molar-refractivity contribution in [1.82, 2.24) is 10.3 Å². The lowest BCUT2D eigenvalue weighted by Gasteiger charge is -2.33. The van der Waals surface area contributed by atoms with Gasteiger partial charge in [-0.3, -0.25) is 14.6 Å². The molecule has 0 radical (unpaired) electrons. The summed E-state index contributed by atoms with van der Waals surface area (Å²) in [5, 5.41) is 2.77. The predicted molar refractivity (Wildman–Crippen MR) is 105 cm³/mol. The number of rotatable bonds is 4. The zero-order chi connectivity index (χ0) is 22.4. The molecule has 1 aliphatic heterocycles. The van der Waals surface area contributed by atoms with Gasteiger partial charge in [-0.1, -0.05) is 0 Å². The van der Waals surface area contributed by atoms with Crippen LogP contribution < -0.4 is 10.2 Å². The summed E-state index contributed by atoms with van der Waals surface area (Å²) in [6.07, 6.45) is -3.88. The standard InChI is InChI=1S/C22H21F4N3O2/c1-13(27-19(30)14-4-6-15(23)7-5-14)16-8-9-18-17(28-16)3-2-12-29(18)20(31)21(10-11-21)22(24,25)26/h4-9,13H,2-3,10-12H2,1H3,(H,27,30). The molecule has 1 N–H and O–H groups in total. The van der Waals surface area contributed by atoms with Crippen LogP contribution in [0.4, 0.5) is 23.2 Å². The highest BCUT2D eigenvalue weighted by Crippen LogP contribution is 2.59. The third-order valence-corrected chi connectivity index (χ3v) is 5.90. The lowest BCUT2D eigenvalue weighted by atomic mass is 10.00. The van der Waals surface area contributed by atoms with Gasteiger partial charge in [0.2, 0.25) is 5.91 Å². The molecule has 4 rings (SSSR count). The van der Waals surface area contributed by atoms with Crippen molar-refractivity contribution < 1.29 is 27.2 Å². The number of benzene rings is 1. The van der Waals surface area contributed by atoms with E-state index in [1.165, 1.54) is 29.2 Å². The second-order valence-electron chi connectivity index (χ2n) is 8.04. The van der Waals surface area contributed by atoms with Crippen LogP contribution in [0.15, 0.2) is 36.4 Å². The number of carbonyl (C=O) groups excluding carboxylic acids is 2. The molecule has 2 amide bonds. The number of anilines is 1. The van der Waals surface area contributed by atoms with Crippen molar-refractivity contribution in [3.8, 4) is 0 Å². The highest BCUT2D eigenvalue weighted by molar-refractivity contribution is 6.00. The van der Waals surface area contributed by atoms with E-state index >= 15 is 0 Å². The number of amides is 2. The number of nitrogens with zero attached hydrogens (tertiary/aromatic N) is 2. The van der Waals surface area contributed by atoms with E-state index in [1.54, 1.807) is 19.1 Å². The average molecular weight is 435 g/mol. The normalized spacial score (nSPS) is 18.2. The molecule has 31 heavy (non-hydrogen) atoms. The number of aromatic nitrogens is 1. The van der Waals surface area contributed by atoms with Gasteiger partial charge in [0.1, 0.15) is 11.2 Å². The van der Waals surface area contributed by atoms with Gasteiger partial charge in [0.05, 0.1) is 23.1 Å². The maximum absolute atomic E-state index is 13.4. The fraction of sp³-hybridized carbons (Fsp3) is 0.409. The zero-order valence-electron chi connectivity index (χ0n) is 16.8. The van der Waals surface area contributed by atoms with Crippen molar-refractivity contribution in [1.29, 1.82) is 0 Å². The molecule has 1 unspecified atom stereocenters. The fourth-order valence-electron chi connectivity index (χ4n) is 3.87. The molecular formula is C22H21F4N3O2. The minimum Gasteiger partial charge on any atom is -0.344 e. The summed E-state index contributed by atoms with van der Waals surface area (Å²) in [7, 11) is 0. The highest BCUT2D eigenvalue weighted by Gasteiger charge is 2.69. The summed E-state index contributed by atoms with van der Waals surface area (Å²) in [4.78, 5) is 30.8. The molecule has 2 aliphatic rings. The van der Waals surface area contributed by atoms with Crippen molar-refractivity contribution in [3.63, 3.8) is 0 Å². The van der Waals surface area contributed by atoms with Gasteiger partial charge in [-0.15, -0.1) is 0 Å². The SMILES string of the molecule is CC(NC(=O)c1ccc(F)cc1)c1ccc2c(n1)CCCN2C(=O)C1(C(F)(F)F)CC1. The van der Waals surface area contributed by atoms with Gasteiger partial charge in [-0.2, -0.15) is 13.2 Å². The second-order valence-corrected chi connectivity index (χ2v) is 8.04. The second kappa shape index (κ2) is 7.62. The Hall–Kier alpha value is -2.97. The Morgan fingerprint density at radius 2 is 1.81 bits per heavy atom. The van der Waals surface area contributed by atoms with Crippen LogP contribution in [0.25, 0.3) is 0 Å². The first kappa shape index (κ1) is 21.3. The first-order valence-corrected chi connectivity index (χ1v) is 10.1. The molecule has 0 saturated heterocycles. The van der Waals surface area contributed by atoms with Gasteiger partial charge in [0, 0.05) is 12.1 Å². The van der Waals surface area contributed by atoms with E-state index in [9.17, 15) is 27.2 Å². The van der Waals surface area contributed by atoms with Crippen LogP contribution in [0.3, 0.4) is 0 Å². The van der Waals surface area contributed by atoms with Crippen LogP contribution in [0.2, 0.25) is 0 Å². The van der Waals surface area contributed by atoms with Crippen LogP contribution in [-0.4, -0.2) is 29.5 Å². The van der Waals surface area contributed by atoms with Crippen molar-refractivity contribution >= 4 is 17.5 Å². The van der Waals surface area contributed by atoms with Crippen molar-refractivity contribution in [3.05, 3.63) is 59.2 Å². The highest BCUT2D eigenvalue weighted by atomic mass is 19.4. The minimum atomic E-state index is -4.56. The Morgan fingerprint density at radius 3 is 2.42 bits per heavy atom. The largest absolute Gasteiger partial charge is 0.403 e. The quantitative estimate of drug-likeness (QED) is 0.727. The molecule has 1 aromatic carbocycles. The number of carbonyl (C=O) groups is 2. The summed E-state index contributed by atoms with van der Waals surface area (Å²) < 4.78 is 53.3. The number of hydrogen-bond donors (Lipinski definition) is 1. The number of fused-ring (bicyclic) bond motifs is 1. The third kappa shape index (κ3) is 3.88. The third-order valence-electron chi connectivity index (χ3n) is 5.90. The molecule has 1 aliphatic carbocycles. The Morgan fingerprint density at radius 1 is 1.13 bits per heavy atom. The van der Waals surface area contributed by atoms with Crippen LogP contribution in [0, 0.1) is 11.2 Å². The molecule has 0 spiro atoms. The van der Waals surface area contributed by atoms with E-state index in [0.29, 0.717) is 35.5 Å². The summed E-state index contributed by atoms with van der Waals surface area (Å²) in [6, 6.07) is 7.84. The van der Waals surface area contributed by atoms with E-state index in [-0.39, 0.29) is 19.4 Å². The van der Waals surface area contributed by atoms with Crippen LogP contribution in [0.5, 0.6) is 0 Å². The average Bonchev–Trinajstić information content (AvgIpc) is 3.55. The maximum atomic E-state index is 13.4. The van der Waals surface area contributed by atoms with Crippen LogP contribution >= 0.6 is 0 Å². The summed E-state index contributed by atoms with van der Waals surface area (Å²) >= 11 is 0. The van der Waals surface area contributed by atoms with Crippen molar-refractivity contribution in [2.24, 2.45) is 5.41 Å².